The zero-order valence-electron chi connectivity index (χ0n) is 12.0. The molecule has 1 atom stereocenters. The summed E-state index contributed by atoms with van der Waals surface area (Å²) in [5, 5.41) is 14.4. The van der Waals surface area contributed by atoms with Gasteiger partial charge in [0, 0.05) is 28.7 Å². The van der Waals surface area contributed by atoms with Crippen molar-refractivity contribution in [3.05, 3.63) is 73.7 Å². The Hall–Kier alpha value is -1.72. The minimum absolute atomic E-state index is 0.129. The third kappa shape index (κ3) is 4.12. The van der Waals surface area contributed by atoms with E-state index in [1.54, 1.807) is 12.1 Å². The molecule has 5 heteroatoms. The van der Waals surface area contributed by atoms with Gasteiger partial charge in [-0.25, -0.2) is 0 Å². The first-order chi connectivity index (χ1) is 9.97. The van der Waals surface area contributed by atoms with Gasteiger partial charge >= 0.3 is 0 Å². The lowest BCUT2D eigenvalue weighted by molar-refractivity contribution is -0.385. The molecule has 110 valence electrons. The Morgan fingerprint density at radius 3 is 2.52 bits per heavy atom. The van der Waals surface area contributed by atoms with E-state index in [0.29, 0.717) is 12.1 Å². The van der Waals surface area contributed by atoms with Gasteiger partial charge in [-0.05, 0) is 31.5 Å². The fraction of sp³-hybridized carbons (Fsp3) is 0.250. The van der Waals surface area contributed by atoms with Gasteiger partial charge in [-0.2, -0.15) is 0 Å². The van der Waals surface area contributed by atoms with Crippen LogP contribution in [-0.2, 0) is 6.54 Å². The molecular weight excluding hydrogens is 332 g/mol. The van der Waals surface area contributed by atoms with Crippen molar-refractivity contribution >= 4 is 21.6 Å². The Morgan fingerprint density at radius 2 is 1.90 bits per heavy atom. The van der Waals surface area contributed by atoms with Crippen LogP contribution in [0.4, 0.5) is 5.69 Å². The molecule has 0 spiro atoms. The molecule has 1 N–H and O–H groups in total. The van der Waals surface area contributed by atoms with Crippen LogP contribution < -0.4 is 5.32 Å². The van der Waals surface area contributed by atoms with Crippen molar-refractivity contribution < 1.29 is 4.92 Å². The molecule has 2 rings (SSSR count). The second-order valence-corrected chi connectivity index (χ2v) is 5.96. The molecule has 0 fully saturated rings. The van der Waals surface area contributed by atoms with Crippen LogP contribution in [0.5, 0.6) is 0 Å². The lowest BCUT2D eigenvalue weighted by atomic mass is 10.1. The number of nitrogens with zero attached hydrogens (tertiary/aromatic N) is 1. The van der Waals surface area contributed by atoms with Gasteiger partial charge in [0.05, 0.1) is 4.92 Å². The molecule has 0 heterocycles. The van der Waals surface area contributed by atoms with Crippen molar-refractivity contribution in [3.63, 3.8) is 0 Å². The van der Waals surface area contributed by atoms with Gasteiger partial charge in [-0.3, -0.25) is 10.1 Å². The smallest absolute Gasteiger partial charge is 0.273 e. The largest absolute Gasteiger partial charge is 0.306 e. The highest BCUT2D eigenvalue weighted by atomic mass is 79.9. The highest BCUT2D eigenvalue weighted by Gasteiger charge is 2.14. The molecule has 0 radical (unpaired) electrons. The van der Waals surface area contributed by atoms with Crippen LogP contribution in [0.1, 0.15) is 29.7 Å². The van der Waals surface area contributed by atoms with Crippen LogP contribution in [0.25, 0.3) is 0 Å². The number of nitrogens with one attached hydrogen (secondary N) is 1. The minimum atomic E-state index is -0.347. The molecule has 0 saturated heterocycles. The monoisotopic (exact) mass is 348 g/mol. The number of nitro benzene ring substituents is 1. The molecule has 0 aliphatic heterocycles. The van der Waals surface area contributed by atoms with Crippen LogP contribution in [0.2, 0.25) is 0 Å². The third-order valence-electron chi connectivity index (χ3n) is 3.41. The average molecular weight is 349 g/mol. The van der Waals surface area contributed by atoms with E-state index < -0.39 is 0 Å². The number of benzene rings is 2. The summed E-state index contributed by atoms with van der Waals surface area (Å²) in [6.45, 7) is 4.55. The van der Waals surface area contributed by atoms with Gasteiger partial charge in [-0.15, -0.1) is 0 Å². The fourth-order valence-electron chi connectivity index (χ4n) is 2.11. The van der Waals surface area contributed by atoms with Crippen LogP contribution >= 0.6 is 15.9 Å². The van der Waals surface area contributed by atoms with E-state index in [-0.39, 0.29) is 16.7 Å². The molecule has 0 bridgehead atoms. The molecule has 4 nitrogen and oxygen atoms in total. The van der Waals surface area contributed by atoms with Crippen LogP contribution in [0.3, 0.4) is 0 Å². The highest BCUT2D eigenvalue weighted by Crippen LogP contribution is 2.24. The minimum Gasteiger partial charge on any atom is -0.306 e. The Kier molecular flexibility index (Phi) is 5.09. The third-order valence-corrected chi connectivity index (χ3v) is 3.91. The van der Waals surface area contributed by atoms with Crippen molar-refractivity contribution in [2.75, 3.05) is 0 Å². The molecule has 0 aliphatic rings. The number of nitro groups is 1. The SMILES string of the molecule is Cc1ccc(C(C)NCc2cc(Br)ccc2[N+](=O)[O-])cc1. The molecule has 0 aromatic heterocycles. The van der Waals surface area contributed by atoms with Crippen LogP contribution in [-0.4, -0.2) is 4.92 Å². The van der Waals surface area contributed by atoms with Gasteiger partial charge in [-0.1, -0.05) is 45.8 Å². The van der Waals surface area contributed by atoms with Gasteiger partial charge in [0.25, 0.3) is 5.69 Å². The van der Waals surface area contributed by atoms with E-state index in [2.05, 4.69) is 52.4 Å². The van der Waals surface area contributed by atoms with Crippen LogP contribution in [0, 0.1) is 17.0 Å². The summed E-state index contributed by atoms with van der Waals surface area (Å²) in [6.07, 6.45) is 0. The van der Waals surface area contributed by atoms with Crippen LogP contribution in [0.15, 0.2) is 46.9 Å². The van der Waals surface area contributed by atoms with E-state index in [9.17, 15) is 10.1 Å². The maximum Gasteiger partial charge on any atom is 0.273 e. The number of hydrogen-bond acceptors (Lipinski definition) is 3. The first-order valence-corrected chi connectivity index (χ1v) is 7.49. The summed E-state index contributed by atoms with van der Waals surface area (Å²) >= 11 is 3.35. The zero-order chi connectivity index (χ0) is 15.4. The number of hydrogen-bond donors (Lipinski definition) is 1. The predicted molar refractivity (Wildman–Crippen MR) is 87.2 cm³/mol. The summed E-state index contributed by atoms with van der Waals surface area (Å²) in [5.74, 6) is 0. The molecule has 1 unspecified atom stereocenters. The maximum absolute atomic E-state index is 11.0. The predicted octanol–water partition coefficient (Wildman–Crippen LogP) is 4.52. The summed E-state index contributed by atoms with van der Waals surface area (Å²) in [4.78, 5) is 10.7. The van der Waals surface area contributed by atoms with Gasteiger partial charge in [0.1, 0.15) is 0 Å². The first kappa shape index (κ1) is 15.7. The van der Waals surface area contributed by atoms with Crippen molar-refractivity contribution in [1.29, 1.82) is 0 Å². The lowest BCUT2D eigenvalue weighted by Crippen LogP contribution is -2.18. The van der Waals surface area contributed by atoms with E-state index >= 15 is 0 Å². The second-order valence-electron chi connectivity index (χ2n) is 5.04. The number of aryl methyl sites for hydroxylation is 1. The fourth-order valence-corrected chi connectivity index (χ4v) is 2.52. The van der Waals surface area contributed by atoms with Gasteiger partial charge in [0.15, 0.2) is 0 Å². The van der Waals surface area contributed by atoms with Crippen molar-refractivity contribution in [3.8, 4) is 0 Å². The molecule has 2 aromatic rings. The summed E-state index contributed by atoms with van der Waals surface area (Å²) in [5.41, 5.74) is 3.20. The highest BCUT2D eigenvalue weighted by molar-refractivity contribution is 9.10. The van der Waals surface area contributed by atoms with Gasteiger partial charge in [0.2, 0.25) is 0 Å². The first-order valence-electron chi connectivity index (χ1n) is 6.70. The average Bonchev–Trinajstić information content (AvgIpc) is 2.45. The normalized spacial score (nSPS) is 12.1. The van der Waals surface area contributed by atoms with E-state index in [1.165, 1.54) is 17.2 Å². The standard InChI is InChI=1S/C16H17BrN2O2/c1-11-3-5-13(6-4-11)12(2)18-10-14-9-15(17)7-8-16(14)19(20)21/h3-9,12,18H,10H2,1-2H3. The van der Waals surface area contributed by atoms with E-state index in [4.69, 9.17) is 0 Å². The quantitative estimate of drug-likeness (QED) is 0.638. The Balaban J connectivity index is 2.10. The summed E-state index contributed by atoms with van der Waals surface area (Å²) in [7, 11) is 0. The zero-order valence-corrected chi connectivity index (χ0v) is 13.6. The van der Waals surface area contributed by atoms with Crippen molar-refractivity contribution in [1.82, 2.24) is 5.32 Å². The Labute approximate surface area is 132 Å². The summed E-state index contributed by atoms with van der Waals surface area (Å²) < 4.78 is 0.841. The molecule has 0 amide bonds. The molecule has 0 aliphatic carbocycles. The van der Waals surface area contributed by atoms with Crippen molar-refractivity contribution in [2.24, 2.45) is 0 Å². The van der Waals surface area contributed by atoms with E-state index in [1.807, 2.05) is 6.92 Å². The number of rotatable bonds is 5. The molecular formula is C16H17BrN2O2. The second kappa shape index (κ2) is 6.83. The Morgan fingerprint density at radius 1 is 1.24 bits per heavy atom. The summed E-state index contributed by atoms with van der Waals surface area (Å²) in [6, 6.07) is 13.4. The van der Waals surface area contributed by atoms with E-state index in [0.717, 1.165) is 4.47 Å². The van der Waals surface area contributed by atoms with Crippen molar-refractivity contribution in [2.45, 2.75) is 26.4 Å². The van der Waals surface area contributed by atoms with Gasteiger partial charge < -0.3 is 5.32 Å². The molecule has 2 aromatic carbocycles. The topological polar surface area (TPSA) is 55.2 Å². The molecule has 0 saturated carbocycles. The molecule has 21 heavy (non-hydrogen) atoms. The number of halogens is 1. The lowest BCUT2D eigenvalue weighted by Gasteiger charge is -2.15. The Bertz CT molecular complexity index is 641. The maximum atomic E-state index is 11.0.